The Labute approximate surface area is 155 Å². The number of carbonyl (C=O) groups excluding carboxylic acids is 1. The van der Waals surface area contributed by atoms with E-state index in [0.717, 1.165) is 5.75 Å². The lowest BCUT2D eigenvalue weighted by Crippen LogP contribution is -2.30. The van der Waals surface area contributed by atoms with Crippen molar-refractivity contribution >= 4 is 11.6 Å². The molecule has 0 spiro atoms. The van der Waals surface area contributed by atoms with Crippen LogP contribution in [0.5, 0.6) is 11.5 Å². The highest BCUT2D eigenvalue weighted by Crippen LogP contribution is 2.20. The first-order valence-corrected chi connectivity index (χ1v) is 8.79. The van der Waals surface area contributed by atoms with Gasteiger partial charge < -0.3 is 19.5 Å². The summed E-state index contributed by atoms with van der Waals surface area (Å²) in [4.78, 5) is 12.3. The van der Waals surface area contributed by atoms with E-state index in [-0.39, 0.29) is 5.91 Å². The maximum Gasteiger partial charge on any atom is 0.265 e. The topological polar surface area (TPSA) is 56.8 Å². The molecule has 2 aromatic rings. The third-order valence-corrected chi connectivity index (χ3v) is 3.91. The van der Waals surface area contributed by atoms with Crippen LogP contribution < -0.4 is 14.8 Å². The zero-order chi connectivity index (χ0) is 18.9. The fourth-order valence-electron chi connectivity index (χ4n) is 2.31. The number of amides is 1. The van der Waals surface area contributed by atoms with Gasteiger partial charge in [0.2, 0.25) is 0 Å². The van der Waals surface area contributed by atoms with Crippen LogP contribution in [0.3, 0.4) is 0 Å². The van der Waals surface area contributed by atoms with Gasteiger partial charge in [-0.1, -0.05) is 26.0 Å². The van der Waals surface area contributed by atoms with Gasteiger partial charge in [-0.2, -0.15) is 0 Å². The minimum absolute atomic E-state index is 0.203. The molecule has 2 aromatic carbocycles. The highest BCUT2D eigenvalue weighted by molar-refractivity contribution is 5.94. The molecule has 1 amide bonds. The minimum Gasteiger partial charge on any atom is -0.491 e. The van der Waals surface area contributed by atoms with Crippen molar-refractivity contribution in [2.24, 2.45) is 0 Å². The van der Waals surface area contributed by atoms with E-state index >= 15 is 0 Å². The molecule has 0 saturated carbocycles. The van der Waals surface area contributed by atoms with Crippen LogP contribution in [-0.4, -0.2) is 32.3 Å². The van der Waals surface area contributed by atoms with Crippen LogP contribution >= 0.6 is 0 Å². The van der Waals surface area contributed by atoms with Crippen molar-refractivity contribution in [1.82, 2.24) is 0 Å². The predicted octanol–water partition coefficient (Wildman–Crippen LogP) is 4.24. The van der Waals surface area contributed by atoms with Gasteiger partial charge in [-0.15, -0.1) is 0 Å². The molecule has 0 aliphatic carbocycles. The van der Waals surface area contributed by atoms with E-state index in [1.807, 2.05) is 24.3 Å². The first kappa shape index (κ1) is 19.8. The molecule has 5 nitrogen and oxygen atoms in total. The molecule has 1 N–H and O–H groups in total. The standard InChI is InChI=1S/C21H27NO4/c1-15(2)17-5-9-20(10-6-17)26-16(3)21(23)22-18-7-11-19(12-8-18)25-14-13-24-4/h5-12,15-16H,13-14H2,1-4H3,(H,22,23). The van der Waals surface area contributed by atoms with E-state index in [0.29, 0.717) is 30.6 Å². The highest BCUT2D eigenvalue weighted by Gasteiger charge is 2.15. The number of ether oxygens (including phenoxy) is 3. The van der Waals surface area contributed by atoms with Crippen LogP contribution in [0.15, 0.2) is 48.5 Å². The molecule has 0 bridgehead atoms. The normalized spacial score (nSPS) is 11.9. The van der Waals surface area contributed by atoms with Crippen molar-refractivity contribution in [3.63, 3.8) is 0 Å². The molecule has 0 aliphatic heterocycles. The largest absolute Gasteiger partial charge is 0.491 e. The molecule has 0 saturated heterocycles. The predicted molar refractivity (Wildman–Crippen MR) is 103 cm³/mol. The van der Waals surface area contributed by atoms with Crippen molar-refractivity contribution < 1.29 is 19.0 Å². The van der Waals surface area contributed by atoms with E-state index in [1.54, 1.807) is 38.3 Å². The quantitative estimate of drug-likeness (QED) is 0.682. The molecule has 0 aliphatic rings. The fourth-order valence-corrected chi connectivity index (χ4v) is 2.31. The molecule has 0 radical (unpaired) electrons. The number of anilines is 1. The Morgan fingerprint density at radius 3 is 2.12 bits per heavy atom. The van der Waals surface area contributed by atoms with Gasteiger partial charge in [0.15, 0.2) is 6.10 Å². The minimum atomic E-state index is -0.600. The number of carbonyl (C=O) groups is 1. The summed E-state index contributed by atoms with van der Waals surface area (Å²) in [7, 11) is 1.63. The summed E-state index contributed by atoms with van der Waals surface area (Å²) in [6.45, 7) is 7.03. The summed E-state index contributed by atoms with van der Waals surface area (Å²) in [5, 5.41) is 2.84. The van der Waals surface area contributed by atoms with Crippen LogP contribution in [0, 0.1) is 0 Å². The zero-order valence-electron chi connectivity index (χ0n) is 15.8. The second-order valence-electron chi connectivity index (χ2n) is 6.34. The van der Waals surface area contributed by atoms with Crippen LogP contribution in [0.2, 0.25) is 0 Å². The lowest BCUT2D eigenvalue weighted by molar-refractivity contribution is -0.122. The molecular formula is C21H27NO4. The van der Waals surface area contributed by atoms with Gasteiger partial charge in [-0.05, 0) is 54.8 Å². The maximum absolute atomic E-state index is 12.3. The summed E-state index contributed by atoms with van der Waals surface area (Å²) in [5.74, 6) is 1.67. The third-order valence-electron chi connectivity index (χ3n) is 3.91. The Hall–Kier alpha value is -2.53. The summed E-state index contributed by atoms with van der Waals surface area (Å²) in [5.41, 5.74) is 1.93. The van der Waals surface area contributed by atoms with Crippen molar-refractivity contribution in [1.29, 1.82) is 0 Å². The van der Waals surface area contributed by atoms with Gasteiger partial charge in [0.1, 0.15) is 18.1 Å². The van der Waals surface area contributed by atoms with E-state index in [9.17, 15) is 4.79 Å². The SMILES string of the molecule is COCCOc1ccc(NC(=O)C(C)Oc2ccc(C(C)C)cc2)cc1. The second-order valence-corrected chi connectivity index (χ2v) is 6.34. The molecule has 1 atom stereocenters. The maximum atomic E-state index is 12.3. The van der Waals surface area contributed by atoms with Gasteiger partial charge in [0.05, 0.1) is 6.61 Å². The van der Waals surface area contributed by atoms with E-state index in [1.165, 1.54) is 5.56 Å². The molecule has 2 rings (SSSR count). The lowest BCUT2D eigenvalue weighted by atomic mass is 10.0. The number of hydrogen-bond acceptors (Lipinski definition) is 4. The molecule has 1 unspecified atom stereocenters. The van der Waals surface area contributed by atoms with Crippen molar-refractivity contribution in [3.8, 4) is 11.5 Å². The summed E-state index contributed by atoms with van der Waals surface area (Å²) >= 11 is 0. The average molecular weight is 357 g/mol. The van der Waals surface area contributed by atoms with Crippen LogP contribution in [-0.2, 0) is 9.53 Å². The van der Waals surface area contributed by atoms with E-state index in [2.05, 4.69) is 19.2 Å². The molecule has 0 fully saturated rings. The molecule has 140 valence electrons. The van der Waals surface area contributed by atoms with Gasteiger partial charge in [0.25, 0.3) is 5.91 Å². The van der Waals surface area contributed by atoms with Gasteiger partial charge in [0, 0.05) is 12.8 Å². The smallest absolute Gasteiger partial charge is 0.265 e. The lowest BCUT2D eigenvalue weighted by Gasteiger charge is -2.15. The zero-order valence-corrected chi connectivity index (χ0v) is 15.8. The number of methoxy groups -OCH3 is 1. The van der Waals surface area contributed by atoms with Gasteiger partial charge >= 0.3 is 0 Å². The molecule has 0 aromatic heterocycles. The Kier molecular flexibility index (Phi) is 7.48. The van der Waals surface area contributed by atoms with Crippen LogP contribution in [0.1, 0.15) is 32.3 Å². The van der Waals surface area contributed by atoms with Crippen molar-refractivity contribution in [2.45, 2.75) is 32.8 Å². The molecular weight excluding hydrogens is 330 g/mol. The van der Waals surface area contributed by atoms with Crippen LogP contribution in [0.25, 0.3) is 0 Å². The van der Waals surface area contributed by atoms with E-state index in [4.69, 9.17) is 14.2 Å². The molecule has 0 heterocycles. The summed E-state index contributed by atoms with van der Waals surface area (Å²) < 4.78 is 16.2. The molecule has 5 heteroatoms. The van der Waals surface area contributed by atoms with Gasteiger partial charge in [-0.3, -0.25) is 4.79 Å². The third kappa shape index (κ3) is 6.08. The number of benzene rings is 2. The first-order valence-electron chi connectivity index (χ1n) is 8.79. The first-order chi connectivity index (χ1) is 12.5. The van der Waals surface area contributed by atoms with E-state index < -0.39 is 6.10 Å². The van der Waals surface area contributed by atoms with Crippen molar-refractivity contribution in [3.05, 3.63) is 54.1 Å². The summed E-state index contributed by atoms with van der Waals surface area (Å²) in [6.07, 6.45) is -0.600. The Morgan fingerprint density at radius 1 is 0.923 bits per heavy atom. The fraction of sp³-hybridized carbons (Fsp3) is 0.381. The number of nitrogens with one attached hydrogen (secondary N) is 1. The Morgan fingerprint density at radius 2 is 1.54 bits per heavy atom. The average Bonchev–Trinajstić information content (AvgIpc) is 2.63. The Bertz CT molecular complexity index is 680. The number of rotatable bonds is 9. The molecule has 26 heavy (non-hydrogen) atoms. The van der Waals surface area contributed by atoms with Crippen LogP contribution in [0.4, 0.5) is 5.69 Å². The second kappa shape index (κ2) is 9.82. The summed E-state index contributed by atoms with van der Waals surface area (Å²) in [6, 6.07) is 15.0. The number of hydrogen-bond donors (Lipinski definition) is 1. The van der Waals surface area contributed by atoms with Crippen molar-refractivity contribution in [2.75, 3.05) is 25.6 Å². The highest BCUT2D eigenvalue weighted by atomic mass is 16.5. The Balaban J connectivity index is 1.86. The van der Waals surface area contributed by atoms with Gasteiger partial charge in [-0.25, -0.2) is 0 Å². The monoisotopic (exact) mass is 357 g/mol.